The van der Waals surface area contributed by atoms with Crippen molar-refractivity contribution in [1.82, 2.24) is 4.31 Å². The molecule has 0 N–H and O–H groups in total. The Morgan fingerprint density at radius 1 is 1.37 bits per heavy atom. The van der Waals surface area contributed by atoms with Gasteiger partial charge in [-0.05, 0) is 30.0 Å². The van der Waals surface area contributed by atoms with Crippen LogP contribution >= 0.6 is 11.6 Å². The fraction of sp³-hybridized carbons (Fsp3) is 0.538. The molecule has 1 unspecified atom stereocenters. The second kappa shape index (κ2) is 6.22. The van der Waals surface area contributed by atoms with Gasteiger partial charge in [-0.15, -0.1) is 0 Å². The Bertz CT molecular complexity index is 509. The molecule has 0 aliphatic carbocycles. The molecule has 1 fully saturated rings. The molecule has 1 atom stereocenters. The van der Waals surface area contributed by atoms with E-state index in [1.807, 2.05) is 0 Å². The summed E-state index contributed by atoms with van der Waals surface area (Å²) in [6.45, 7) is 1.91. The lowest BCUT2D eigenvalue weighted by atomic mass is 10.1. The minimum Gasteiger partial charge on any atom is -0.381 e. The Labute approximate surface area is 119 Å². The molecule has 106 valence electrons. The first-order valence-electron chi connectivity index (χ1n) is 6.23. The maximum absolute atomic E-state index is 12.2. The summed E-state index contributed by atoms with van der Waals surface area (Å²) >= 11 is 5.79. The first-order valence-corrected chi connectivity index (χ1v) is 8.22. The molecule has 19 heavy (non-hydrogen) atoms. The number of ether oxygens (including phenoxy) is 1. The van der Waals surface area contributed by atoms with E-state index in [-0.39, 0.29) is 5.75 Å². The highest BCUT2D eigenvalue weighted by Gasteiger charge is 2.24. The molecule has 1 saturated heterocycles. The number of halogens is 1. The van der Waals surface area contributed by atoms with Crippen molar-refractivity contribution in [3.63, 3.8) is 0 Å². The maximum atomic E-state index is 12.2. The summed E-state index contributed by atoms with van der Waals surface area (Å²) in [6.07, 6.45) is 0.931. The van der Waals surface area contributed by atoms with Crippen molar-refractivity contribution in [2.24, 2.45) is 5.92 Å². The van der Waals surface area contributed by atoms with Crippen LogP contribution in [-0.4, -0.2) is 39.5 Å². The maximum Gasteiger partial charge on any atom is 0.218 e. The summed E-state index contributed by atoms with van der Waals surface area (Å²) < 4.78 is 31.1. The molecule has 1 aromatic rings. The Hall–Kier alpha value is -0.620. The van der Waals surface area contributed by atoms with Gasteiger partial charge < -0.3 is 4.74 Å². The van der Waals surface area contributed by atoms with Crippen LogP contribution in [0.5, 0.6) is 0 Å². The summed E-state index contributed by atoms with van der Waals surface area (Å²) in [5.74, 6) is 0.318. The van der Waals surface area contributed by atoms with Crippen LogP contribution in [-0.2, 0) is 20.5 Å². The van der Waals surface area contributed by atoms with Crippen molar-refractivity contribution in [3.8, 4) is 0 Å². The van der Waals surface area contributed by atoms with Crippen molar-refractivity contribution >= 4 is 21.6 Å². The highest BCUT2D eigenvalue weighted by molar-refractivity contribution is 7.88. The van der Waals surface area contributed by atoms with Gasteiger partial charge in [0.1, 0.15) is 0 Å². The zero-order chi connectivity index (χ0) is 13.9. The van der Waals surface area contributed by atoms with Gasteiger partial charge in [-0.1, -0.05) is 23.7 Å². The van der Waals surface area contributed by atoms with Crippen LogP contribution in [0.25, 0.3) is 0 Å². The van der Waals surface area contributed by atoms with E-state index in [0.717, 1.165) is 18.6 Å². The summed E-state index contributed by atoms with van der Waals surface area (Å²) in [4.78, 5) is 0. The number of rotatable bonds is 5. The van der Waals surface area contributed by atoms with Gasteiger partial charge in [0, 0.05) is 25.2 Å². The monoisotopic (exact) mass is 303 g/mol. The van der Waals surface area contributed by atoms with E-state index < -0.39 is 10.0 Å². The fourth-order valence-electron chi connectivity index (χ4n) is 2.11. The highest BCUT2D eigenvalue weighted by Crippen LogP contribution is 2.18. The highest BCUT2D eigenvalue weighted by atomic mass is 35.5. The molecule has 6 heteroatoms. The molecule has 0 saturated carbocycles. The first kappa shape index (κ1) is 14.8. The van der Waals surface area contributed by atoms with Crippen LogP contribution in [0.3, 0.4) is 0 Å². The fourth-order valence-corrected chi connectivity index (χ4v) is 3.50. The standard InChI is InChI=1S/C13H18ClNO3S/c1-15(8-12-6-7-18-9-12)19(16,17)10-11-2-4-13(14)5-3-11/h2-5,12H,6-10H2,1H3. The van der Waals surface area contributed by atoms with Gasteiger partial charge in [0.05, 0.1) is 12.4 Å². The molecule has 0 spiro atoms. The van der Waals surface area contributed by atoms with E-state index in [0.29, 0.717) is 24.1 Å². The lowest BCUT2D eigenvalue weighted by molar-refractivity contribution is 0.182. The summed E-state index contributed by atoms with van der Waals surface area (Å²) in [7, 11) is -1.65. The van der Waals surface area contributed by atoms with E-state index in [1.165, 1.54) is 4.31 Å². The molecule has 0 bridgehead atoms. The van der Waals surface area contributed by atoms with E-state index in [2.05, 4.69) is 0 Å². The minimum atomic E-state index is -3.28. The third kappa shape index (κ3) is 4.18. The van der Waals surface area contributed by atoms with E-state index in [9.17, 15) is 8.42 Å². The van der Waals surface area contributed by atoms with Crippen molar-refractivity contribution < 1.29 is 13.2 Å². The lowest BCUT2D eigenvalue weighted by Gasteiger charge is -2.20. The zero-order valence-corrected chi connectivity index (χ0v) is 12.5. The van der Waals surface area contributed by atoms with Crippen molar-refractivity contribution in [2.45, 2.75) is 12.2 Å². The second-order valence-corrected chi connectivity index (χ2v) is 7.41. The number of benzene rings is 1. The number of sulfonamides is 1. The largest absolute Gasteiger partial charge is 0.381 e. The molecule has 2 rings (SSSR count). The van der Waals surface area contributed by atoms with Crippen LogP contribution in [0.15, 0.2) is 24.3 Å². The Balaban J connectivity index is 1.98. The number of hydrogen-bond donors (Lipinski definition) is 0. The van der Waals surface area contributed by atoms with Crippen LogP contribution < -0.4 is 0 Å². The Kier molecular flexibility index (Phi) is 4.84. The average molecular weight is 304 g/mol. The molecule has 0 amide bonds. The molecule has 0 aromatic heterocycles. The average Bonchev–Trinajstić information content (AvgIpc) is 2.84. The number of nitrogens with zero attached hydrogens (tertiary/aromatic N) is 1. The summed E-state index contributed by atoms with van der Waals surface area (Å²) in [6, 6.07) is 6.90. The summed E-state index contributed by atoms with van der Waals surface area (Å²) in [5, 5.41) is 0.609. The van der Waals surface area contributed by atoms with Crippen LogP contribution in [0.2, 0.25) is 5.02 Å². The number of hydrogen-bond acceptors (Lipinski definition) is 3. The van der Waals surface area contributed by atoms with E-state index >= 15 is 0 Å². The third-order valence-electron chi connectivity index (χ3n) is 3.28. The van der Waals surface area contributed by atoms with Gasteiger partial charge >= 0.3 is 0 Å². The van der Waals surface area contributed by atoms with E-state index in [1.54, 1.807) is 31.3 Å². The molecule has 4 nitrogen and oxygen atoms in total. The molecule has 1 aliphatic rings. The summed E-state index contributed by atoms with van der Waals surface area (Å²) in [5.41, 5.74) is 0.749. The van der Waals surface area contributed by atoms with Crippen molar-refractivity contribution in [1.29, 1.82) is 0 Å². The molecular formula is C13H18ClNO3S. The van der Waals surface area contributed by atoms with Gasteiger partial charge in [0.25, 0.3) is 0 Å². The first-order chi connectivity index (χ1) is 8.97. The van der Waals surface area contributed by atoms with Crippen LogP contribution in [0, 0.1) is 5.92 Å². The van der Waals surface area contributed by atoms with Gasteiger partial charge in [0.15, 0.2) is 0 Å². The van der Waals surface area contributed by atoms with Crippen molar-refractivity contribution in [2.75, 3.05) is 26.8 Å². The molecular weight excluding hydrogens is 286 g/mol. The van der Waals surface area contributed by atoms with Gasteiger partial charge in [0.2, 0.25) is 10.0 Å². The lowest BCUT2D eigenvalue weighted by Crippen LogP contribution is -2.33. The van der Waals surface area contributed by atoms with Gasteiger partial charge in [-0.25, -0.2) is 12.7 Å². The molecule has 1 aromatic carbocycles. The smallest absolute Gasteiger partial charge is 0.218 e. The van der Waals surface area contributed by atoms with Gasteiger partial charge in [-0.2, -0.15) is 0 Å². The molecule has 1 aliphatic heterocycles. The topological polar surface area (TPSA) is 46.6 Å². The predicted molar refractivity (Wildman–Crippen MR) is 75.6 cm³/mol. The molecule has 1 heterocycles. The quantitative estimate of drug-likeness (QED) is 0.837. The Morgan fingerprint density at radius 3 is 2.63 bits per heavy atom. The van der Waals surface area contributed by atoms with Crippen LogP contribution in [0.4, 0.5) is 0 Å². The minimum absolute atomic E-state index is 0.00818. The van der Waals surface area contributed by atoms with Gasteiger partial charge in [-0.3, -0.25) is 0 Å². The van der Waals surface area contributed by atoms with Crippen LogP contribution in [0.1, 0.15) is 12.0 Å². The third-order valence-corrected chi connectivity index (χ3v) is 5.33. The van der Waals surface area contributed by atoms with Crippen molar-refractivity contribution in [3.05, 3.63) is 34.9 Å². The second-order valence-electron chi connectivity index (χ2n) is 4.89. The SMILES string of the molecule is CN(CC1CCOC1)S(=O)(=O)Cc1ccc(Cl)cc1. The zero-order valence-electron chi connectivity index (χ0n) is 10.9. The predicted octanol–water partition coefficient (Wildman–Crippen LogP) is 2.14. The van der Waals surface area contributed by atoms with E-state index in [4.69, 9.17) is 16.3 Å². The Morgan fingerprint density at radius 2 is 2.05 bits per heavy atom. The normalized spacial score (nSPS) is 20.1. The molecule has 0 radical (unpaired) electrons.